The van der Waals surface area contributed by atoms with E-state index in [0.29, 0.717) is 17.6 Å². The first-order valence-electron chi connectivity index (χ1n) is 6.68. The Bertz CT molecular complexity index is 575. The minimum Gasteiger partial charge on any atom is -0.332 e. The van der Waals surface area contributed by atoms with E-state index in [-0.39, 0.29) is 0 Å². The molecule has 6 nitrogen and oxygen atoms in total. The number of hydrogen-bond acceptors (Lipinski definition) is 5. The summed E-state index contributed by atoms with van der Waals surface area (Å²) in [6, 6.07) is 0. The van der Waals surface area contributed by atoms with Gasteiger partial charge < -0.3 is 14.8 Å². The van der Waals surface area contributed by atoms with Crippen LogP contribution in [-0.2, 0) is 12.6 Å². The van der Waals surface area contributed by atoms with Crippen LogP contribution in [0.2, 0.25) is 0 Å². The number of nitrogens with zero attached hydrogens (tertiary/aromatic N) is 4. The molecule has 2 N–H and O–H groups in total. The van der Waals surface area contributed by atoms with E-state index in [1.807, 2.05) is 11.6 Å². The summed E-state index contributed by atoms with van der Waals surface area (Å²) in [5, 5.41) is 4.09. The third kappa shape index (κ3) is 2.16. The number of rotatable bonds is 2. The van der Waals surface area contributed by atoms with Gasteiger partial charge in [-0.05, 0) is 18.8 Å². The van der Waals surface area contributed by atoms with Gasteiger partial charge in [0, 0.05) is 7.05 Å². The lowest BCUT2D eigenvalue weighted by atomic mass is 9.76. The largest absolute Gasteiger partial charge is 0.332 e. The lowest BCUT2D eigenvalue weighted by Gasteiger charge is -2.33. The van der Waals surface area contributed by atoms with E-state index in [2.05, 4.69) is 22.0 Å². The summed E-state index contributed by atoms with van der Waals surface area (Å²) in [6.45, 7) is 2.23. The molecule has 0 saturated heterocycles. The van der Waals surface area contributed by atoms with Gasteiger partial charge in [0.2, 0.25) is 0 Å². The second kappa shape index (κ2) is 4.45. The van der Waals surface area contributed by atoms with Crippen molar-refractivity contribution >= 4 is 0 Å². The maximum absolute atomic E-state index is 6.47. The van der Waals surface area contributed by atoms with Gasteiger partial charge in [-0.2, -0.15) is 4.98 Å². The molecule has 1 aliphatic carbocycles. The standard InChI is InChI=1S/C13H19N5O/c1-9-4-3-5-13(14,6-9)12-16-11(19-17-12)10-7-15-8-18(10)2/h7-9H,3-6,14H2,1-2H3. The first-order chi connectivity index (χ1) is 9.08. The maximum atomic E-state index is 6.47. The van der Waals surface area contributed by atoms with E-state index in [1.165, 1.54) is 6.42 Å². The Morgan fingerprint density at radius 3 is 3.05 bits per heavy atom. The summed E-state index contributed by atoms with van der Waals surface area (Å²) in [7, 11) is 1.90. The van der Waals surface area contributed by atoms with Crippen molar-refractivity contribution in [2.24, 2.45) is 18.7 Å². The lowest BCUT2D eigenvalue weighted by Crippen LogP contribution is -2.42. The molecule has 3 rings (SSSR count). The zero-order valence-corrected chi connectivity index (χ0v) is 11.3. The molecule has 19 heavy (non-hydrogen) atoms. The predicted molar refractivity (Wildman–Crippen MR) is 70.0 cm³/mol. The van der Waals surface area contributed by atoms with Crippen molar-refractivity contribution in [3.8, 4) is 11.6 Å². The van der Waals surface area contributed by atoms with E-state index in [1.54, 1.807) is 12.5 Å². The molecule has 2 heterocycles. The highest BCUT2D eigenvalue weighted by molar-refractivity contribution is 5.45. The Morgan fingerprint density at radius 1 is 1.53 bits per heavy atom. The van der Waals surface area contributed by atoms with Crippen molar-refractivity contribution in [3.05, 3.63) is 18.3 Å². The highest BCUT2D eigenvalue weighted by atomic mass is 16.5. The van der Waals surface area contributed by atoms with Gasteiger partial charge in [-0.3, -0.25) is 0 Å². The normalized spacial score (nSPS) is 27.6. The van der Waals surface area contributed by atoms with E-state index in [9.17, 15) is 0 Å². The second-order valence-electron chi connectivity index (χ2n) is 5.67. The van der Waals surface area contributed by atoms with E-state index in [0.717, 1.165) is 25.0 Å². The van der Waals surface area contributed by atoms with Crippen LogP contribution in [0.15, 0.2) is 17.0 Å². The molecular weight excluding hydrogens is 242 g/mol. The quantitative estimate of drug-likeness (QED) is 0.891. The van der Waals surface area contributed by atoms with Crippen LogP contribution >= 0.6 is 0 Å². The smallest absolute Gasteiger partial charge is 0.276 e. The molecule has 2 aromatic heterocycles. The number of aryl methyl sites for hydroxylation is 1. The zero-order chi connectivity index (χ0) is 13.5. The van der Waals surface area contributed by atoms with E-state index < -0.39 is 5.54 Å². The van der Waals surface area contributed by atoms with Crippen LogP contribution < -0.4 is 5.73 Å². The van der Waals surface area contributed by atoms with Crippen LogP contribution in [0.4, 0.5) is 0 Å². The number of hydrogen-bond donors (Lipinski definition) is 1. The average Bonchev–Trinajstić information content (AvgIpc) is 2.96. The number of imidazole rings is 1. The molecule has 1 fully saturated rings. The zero-order valence-electron chi connectivity index (χ0n) is 11.3. The monoisotopic (exact) mass is 261 g/mol. The van der Waals surface area contributed by atoms with Gasteiger partial charge in [0.05, 0.1) is 18.1 Å². The molecule has 102 valence electrons. The molecule has 0 aliphatic heterocycles. The maximum Gasteiger partial charge on any atom is 0.276 e. The summed E-state index contributed by atoms with van der Waals surface area (Å²) in [6.07, 6.45) is 7.60. The minimum atomic E-state index is -0.446. The topological polar surface area (TPSA) is 82.8 Å². The van der Waals surface area contributed by atoms with Crippen LogP contribution in [0.5, 0.6) is 0 Å². The first-order valence-corrected chi connectivity index (χ1v) is 6.68. The summed E-state index contributed by atoms with van der Waals surface area (Å²) >= 11 is 0. The van der Waals surface area contributed by atoms with Gasteiger partial charge in [-0.15, -0.1) is 0 Å². The molecule has 0 aromatic carbocycles. The summed E-state index contributed by atoms with van der Waals surface area (Å²) < 4.78 is 7.19. The van der Waals surface area contributed by atoms with Gasteiger partial charge >= 0.3 is 0 Å². The van der Waals surface area contributed by atoms with Gasteiger partial charge in [-0.1, -0.05) is 24.9 Å². The minimum absolute atomic E-state index is 0.446. The summed E-state index contributed by atoms with van der Waals surface area (Å²) in [4.78, 5) is 8.53. The average molecular weight is 261 g/mol. The first kappa shape index (κ1) is 12.3. The summed E-state index contributed by atoms with van der Waals surface area (Å²) in [5.41, 5.74) is 6.83. The fourth-order valence-corrected chi connectivity index (χ4v) is 2.89. The van der Waals surface area contributed by atoms with Crippen molar-refractivity contribution in [1.82, 2.24) is 19.7 Å². The van der Waals surface area contributed by atoms with Crippen molar-refractivity contribution in [2.45, 2.75) is 38.1 Å². The van der Waals surface area contributed by atoms with Gasteiger partial charge in [0.15, 0.2) is 5.82 Å². The summed E-state index contributed by atoms with van der Waals surface area (Å²) in [5.74, 6) is 1.71. The molecule has 0 radical (unpaired) electrons. The van der Waals surface area contributed by atoms with Gasteiger partial charge in [-0.25, -0.2) is 4.98 Å². The molecule has 1 saturated carbocycles. The highest BCUT2D eigenvalue weighted by Crippen LogP contribution is 2.36. The molecule has 2 unspecified atom stereocenters. The Labute approximate surface area is 112 Å². The number of nitrogens with two attached hydrogens (primary N) is 1. The van der Waals surface area contributed by atoms with E-state index in [4.69, 9.17) is 10.3 Å². The van der Waals surface area contributed by atoms with Crippen LogP contribution in [0.1, 0.15) is 38.4 Å². The van der Waals surface area contributed by atoms with Gasteiger partial charge in [0.1, 0.15) is 5.69 Å². The van der Waals surface area contributed by atoms with Crippen molar-refractivity contribution in [3.63, 3.8) is 0 Å². The SMILES string of the molecule is CC1CCCC(N)(c2noc(-c3cncn3C)n2)C1. The molecule has 1 aliphatic rings. The van der Waals surface area contributed by atoms with E-state index >= 15 is 0 Å². The second-order valence-corrected chi connectivity index (χ2v) is 5.67. The Kier molecular flexibility index (Phi) is 2.89. The van der Waals surface area contributed by atoms with Crippen molar-refractivity contribution in [1.29, 1.82) is 0 Å². The van der Waals surface area contributed by atoms with Crippen LogP contribution in [0.3, 0.4) is 0 Å². The molecule has 2 atom stereocenters. The van der Waals surface area contributed by atoms with Crippen LogP contribution in [0.25, 0.3) is 11.6 Å². The van der Waals surface area contributed by atoms with Crippen LogP contribution in [-0.4, -0.2) is 19.7 Å². The molecule has 0 amide bonds. The van der Waals surface area contributed by atoms with Gasteiger partial charge in [0.25, 0.3) is 5.89 Å². The third-order valence-electron chi connectivity index (χ3n) is 3.94. The Balaban J connectivity index is 1.91. The fraction of sp³-hybridized carbons (Fsp3) is 0.615. The van der Waals surface area contributed by atoms with Crippen molar-refractivity contribution in [2.75, 3.05) is 0 Å². The molecule has 0 bridgehead atoms. The highest BCUT2D eigenvalue weighted by Gasteiger charge is 2.37. The molecule has 2 aromatic rings. The Hall–Kier alpha value is -1.69. The molecule has 0 spiro atoms. The van der Waals surface area contributed by atoms with Crippen molar-refractivity contribution < 1.29 is 4.52 Å². The molecular formula is C13H19N5O. The predicted octanol–water partition coefficient (Wildman–Crippen LogP) is 1.83. The fourth-order valence-electron chi connectivity index (χ4n) is 2.89. The number of aromatic nitrogens is 4. The Morgan fingerprint density at radius 2 is 2.37 bits per heavy atom. The lowest BCUT2D eigenvalue weighted by molar-refractivity contribution is 0.222. The van der Waals surface area contributed by atoms with Crippen LogP contribution in [0, 0.1) is 5.92 Å². The molecule has 6 heteroatoms. The third-order valence-corrected chi connectivity index (χ3v) is 3.94.